The summed E-state index contributed by atoms with van der Waals surface area (Å²) in [5.74, 6) is 0.0149. The van der Waals surface area contributed by atoms with Gasteiger partial charge in [-0.25, -0.2) is 9.59 Å². The molecule has 0 aliphatic carbocycles. The van der Waals surface area contributed by atoms with E-state index < -0.39 is 5.97 Å². The molecule has 0 unspecified atom stereocenters. The molecular formula is C18H25N3O4. The molecule has 25 heavy (non-hydrogen) atoms. The summed E-state index contributed by atoms with van der Waals surface area (Å²) in [5, 5.41) is 12.0. The second kappa shape index (κ2) is 8.20. The van der Waals surface area contributed by atoms with E-state index in [0.29, 0.717) is 18.3 Å². The van der Waals surface area contributed by atoms with Crippen LogP contribution in [0.15, 0.2) is 24.3 Å². The maximum Gasteiger partial charge on any atom is 0.339 e. The van der Waals surface area contributed by atoms with Crippen LogP contribution in [-0.4, -0.2) is 72.8 Å². The minimum absolute atomic E-state index is 0.0629. The Morgan fingerprint density at radius 2 is 2.00 bits per heavy atom. The minimum atomic E-state index is -0.970. The van der Waals surface area contributed by atoms with Gasteiger partial charge in [-0.05, 0) is 44.0 Å². The van der Waals surface area contributed by atoms with Crippen molar-refractivity contribution in [1.29, 1.82) is 0 Å². The van der Waals surface area contributed by atoms with Crippen LogP contribution in [0.3, 0.4) is 0 Å². The first-order valence-corrected chi connectivity index (χ1v) is 8.84. The summed E-state index contributed by atoms with van der Waals surface area (Å²) in [6.07, 6.45) is 2.16. The highest BCUT2D eigenvalue weighted by Gasteiger charge is 2.26. The number of rotatable bonds is 7. The van der Waals surface area contributed by atoms with Crippen molar-refractivity contribution >= 4 is 12.0 Å². The maximum absolute atomic E-state index is 11.6. The molecule has 7 heteroatoms. The van der Waals surface area contributed by atoms with Crippen LogP contribution in [0.5, 0.6) is 5.75 Å². The zero-order chi connectivity index (χ0) is 17.6. The van der Waals surface area contributed by atoms with E-state index in [9.17, 15) is 9.59 Å². The molecule has 7 nitrogen and oxygen atoms in total. The predicted molar refractivity (Wildman–Crippen MR) is 93.0 cm³/mol. The fraction of sp³-hybridized carbons (Fsp3) is 0.556. The quantitative estimate of drug-likeness (QED) is 0.781. The predicted octanol–water partition coefficient (Wildman–Crippen LogP) is 1.50. The number of piperidine rings is 1. The Kier molecular flexibility index (Phi) is 5.75. The van der Waals surface area contributed by atoms with Crippen molar-refractivity contribution in [2.75, 3.05) is 45.9 Å². The van der Waals surface area contributed by atoms with Gasteiger partial charge in [0.15, 0.2) is 0 Å². The molecule has 2 saturated heterocycles. The number of urea groups is 1. The Morgan fingerprint density at radius 1 is 1.24 bits per heavy atom. The van der Waals surface area contributed by atoms with Crippen LogP contribution in [-0.2, 0) is 0 Å². The van der Waals surface area contributed by atoms with Gasteiger partial charge in [-0.3, -0.25) is 4.90 Å². The van der Waals surface area contributed by atoms with E-state index in [-0.39, 0.29) is 11.6 Å². The van der Waals surface area contributed by atoms with Gasteiger partial charge in [-0.15, -0.1) is 0 Å². The normalized spacial score (nSPS) is 19.0. The lowest BCUT2D eigenvalue weighted by Crippen LogP contribution is -2.41. The molecule has 1 aromatic rings. The lowest BCUT2D eigenvalue weighted by Gasteiger charge is -2.33. The molecule has 2 fully saturated rings. The molecule has 0 radical (unpaired) electrons. The third-order valence-corrected chi connectivity index (χ3v) is 4.91. The number of hydrogen-bond acceptors (Lipinski definition) is 4. The molecule has 2 heterocycles. The van der Waals surface area contributed by atoms with Crippen LogP contribution in [0.25, 0.3) is 0 Å². The minimum Gasteiger partial charge on any atom is -0.491 e. The van der Waals surface area contributed by atoms with E-state index >= 15 is 0 Å². The molecular weight excluding hydrogens is 322 g/mol. The highest BCUT2D eigenvalue weighted by Crippen LogP contribution is 2.20. The number of hydrogen-bond donors (Lipinski definition) is 2. The summed E-state index contributed by atoms with van der Waals surface area (Å²) >= 11 is 0. The number of carboxylic acid groups (broad SMARTS) is 1. The van der Waals surface area contributed by atoms with Gasteiger partial charge in [0.2, 0.25) is 0 Å². The van der Waals surface area contributed by atoms with Gasteiger partial charge in [0, 0.05) is 26.2 Å². The average Bonchev–Trinajstić information content (AvgIpc) is 3.01. The summed E-state index contributed by atoms with van der Waals surface area (Å²) in [5.41, 5.74) is 0.199. The molecule has 2 aliphatic heterocycles. The fourth-order valence-electron chi connectivity index (χ4n) is 3.44. The lowest BCUT2D eigenvalue weighted by atomic mass is 9.96. The van der Waals surface area contributed by atoms with Gasteiger partial charge in [0.1, 0.15) is 17.9 Å². The summed E-state index contributed by atoms with van der Waals surface area (Å²) in [6.45, 7) is 5.66. The van der Waals surface area contributed by atoms with Crippen LogP contribution < -0.4 is 10.1 Å². The van der Waals surface area contributed by atoms with Crippen molar-refractivity contribution < 1.29 is 19.4 Å². The Bertz CT molecular complexity index is 614. The van der Waals surface area contributed by atoms with Crippen molar-refractivity contribution in [2.24, 2.45) is 5.92 Å². The van der Waals surface area contributed by atoms with Gasteiger partial charge < -0.3 is 20.1 Å². The van der Waals surface area contributed by atoms with Crippen molar-refractivity contribution in [3.8, 4) is 5.75 Å². The van der Waals surface area contributed by atoms with Crippen molar-refractivity contribution in [1.82, 2.24) is 15.1 Å². The van der Waals surface area contributed by atoms with Crippen molar-refractivity contribution in [3.63, 3.8) is 0 Å². The maximum atomic E-state index is 11.6. The number of ether oxygens (including phenoxy) is 1. The molecule has 2 aliphatic rings. The number of aromatic carboxylic acids is 1. The van der Waals surface area contributed by atoms with Gasteiger partial charge in [-0.2, -0.15) is 0 Å². The molecule has 1 aromatic carbocycles. The number of carbonyl (C=O) groups excluding carboxylic acids is 1. The molecule has 0 aromatic heterocycles. The largest absolute Gasteiger partial charge is 0.491 e. The number of benzene rings is 1. The second-order valence-corrected chi connectivity index (χ2v) is 6.61. The first-order valence-electron chi connectivity index (χ1n) is 8.84. The summed E-state index contributed by atoms with van der Waals surface area (Å²) in [6, 6.07) is 6.78. The molecule has 2 N–H and O–H groups in total. The zero-order valence-corrected chi connectivity index (χ0v) is 14.3. The number of nitrogens with zero attached hydrogens (tertiary/aromatic N) is 2. The number of likely N-dealkylation sites (tertiary alicyclic amines) is 1. The van der Waals surface area contributed by atoms with Crippen LogP contribution in [0, 0.1) is 5.92 Å². The van der Waals surface area contributed by atoms with Gasteiger partial charge >= 0.3 is 12.0 Å². The fourth-order valence-corrected chi connectivity index (χ4v) is 3.44. The van der Waals surface area contributed by atoms with E-state index in [0.717, 1.165) is 52.1 Å². The molecule has 0 saturated carbocycles. The molecule has 2 amide bonds. The Morgan fingerprint density at radius 3 is 2.68 bits per heavy atom. The van der Waals surface area contributed by atoms with Crippen LogP contribution in [0.4, 0.5) is 4.79 Å². The van der Waals surface area contributed by atoms with E-state index in [4.69, 9.17) is 9.84 Å². The van der Waals surface area contributed by atoms with Gasteiger partial charge in [0.05, 0.1) is 0 Å². The summed E-state index contributed by atoms with van der Waals surface area (Å²) in [4.78, 5) is 27.0. The summed E-state index contributed by atoms with van der Waals surface area (Å²) in [7, 11) is 0. The number of nitrogens with one attached hydrogen (secondary N) is 1. The monoisotopic (exact) mass is 347 g/mol. The van der Waals surface area contributed by atoms with E-state index in [1.165, 1.54) is 0 Å². The molecule has 0 atom stereocenters. The Labute approximate surface area is 147 Å². The van der Waals surface area contributed by atoms with E-state index in [1.807, 2.05) is 4.90 Å². The lowest BCUT2D eigenvalue weighted by molar-refractivity contribution is 0.0691. The third kappa shape index (κ3) is 4.63. The van der Waals surface area contributed by atoms with Crippen molar-refractivity contribution in [2.45, 2.75) is 12.8 Å². The number of amides is 2. The molecule has 0 bridgehead atoms. The number of carboxylic acids is 1. The second-order valence-electron chi connectivity index (χ2n) is 6.61. The number of para-hydroxylation sites is 1. The Hall–Kier alpha value is -2.28. The topological polar surface area (TPSA) is 82.1 Å². The Balaban J connectivity index is 1.38. The third-order valence-electron chi connectivity index (χ3n) is 4.91. The smallest absolute Gasteiger partial charge is 0.339 e. The number of carbonyl (C=O) groups is 2. The van der Waals surface area contributed by atoms with E-state index in [2.05, 4.69) is 10.2 Å². The van der Waals surface area contributed by atoms with Crippen LogP contribution in [0.1, 0.15) is 23.2 Å². The van der Waals surface area contributed by atoms with Crippen LogP contribution >= 0.6 is 0 Å². The zero-order valence-electron chi connectivity index (χ0n) is 14.3. The first-order chi connectivity index (χ1) is 12.1. The highest BCUT2D eigenvalue weighted by atomic mass is 16.5. The average molecular weight is 347 g/mol. The standard InChI is InChI=1S/C18H25N3O4/c22-17(23)15-3-1-2-4-16(15)25-12-11-20-8-5-14(6-9-20)13-21-10-7-19-18(21)24/h1-4,14H,5-13H2,(H,19,24)(H,22,23). The molecule has 136 valence electrons. The summed E-state index contributed by atoms with van der Waals surface area (Å²) < 4.78 is 5.67. The molecule has 3 rings (SSSR count). The van der Waals surface area contributed by atoms with Crippen molar-refractivity contribution in [3.05, 3.63) is 29.8 Å². The molecule has 0 spiro atoms. The van der Waals surface area contributed by atoms with Gasteiger partial charge in [0.25, 0.3) is 0 Å². The van der Waals surface area contributed by atoms with Gasteiger partial charge in [-0.1, -0.05) is 12.1 Å². The highest BCUT2D eigenvalue weighted by molar-refractivity contribution is 5.90. The first kappa shape index (κ1) is 17.5. The van der Waals surface area contributed by atoms with E-state index in [1.54, 1.807) is 24.3 Å². The SMILES string of the molecule is O=C(O)c1ccccc1OCCN1CCC(CN2CCNC2=O)CC1. The van der Waals surface area contributed by atoms with Crippen LogP contribution in [0.2, 0.25) is 0 Å².